The lowest BCUT2D eigenvalue weighted by atomic mass is 10.1. The van der Waals surface area contributed by atoms with Gasteiger partial charge in [-0.2, -0.15) is 0 Å². The Hall–Kier alpha value is -2.74. The van der Waals surface area contributed by atoms with Gasteiger partial charge in [0.1, 0.15) is 17.6 Å². The van der Waals surface area contributed by atoms with Crippen molar-refractivity contribution in [3.05, 3.63) is 47.4 Å². The normalized spacial score (nSPS) is 17.7. The molecule has 3 aromatic rings. The van der Waals surface area contributed by atoms with Crippen LogP contribution in [0.1, 0.15) is 29.8 Å². The first kappa shape index (κ1) is 16.7. The molecular formula is C18H17FN4O2S. The summed E-state index contributed by atoms with van der Waals surface area (Å²) in [5.74, 6) is -0.852. The fraction of sp³-hybridized carbons (Fsp3) is 0.278. The number of imidazole rings is 1. The van der Waals surface area contributed by atoms with Crippen LogP contribution in [0.3, 0.4) is 0 Å². The summed E-state index contributed by atoms with van der Waals surface area (Å²) in [5.41, 5.74) is 1.24. The van der Waals surface area contributed by atoms with E-state index < -0.39 is 6.04 Å². The lowest BCUT2D eigenvalue weighted by Gasteiger charge is -2.14. The molecule has 134 valence electrons. The Labute approximate surface area is 153 Å². The van der Waals surface area contributed by atoms with E-state index in [4.69, 9.17) is 0 Å². The first-order valence-corrected chi connectivity index (χ1v) is 9.31. The largest absolute Gasteiger partial charge is 0.354 e. The third kappa shape index (κ3) is 3.08. The number of hydrogen-bond donors (Lipinski definition) is 2. The van der Waals surface area contributed by atoms with Gasteiger partial charge in [-0.3, -0.25) is 14.0 Å². The second kappa shape index (κ2) is 6.87. The van der Waals surface area contributed by atoms with E-state index in [1.54, 1.807) is 34.2 Å². The van der Waals surface area contributed by atoms with Crippen LogP contribution >= 0.6 is 11.3 Å². The molecule has 4 rings (SSSR count). The fourth-order valence-electron chi connectivity index (χ4n) is 3.06. The molecular weight excluding hydrogens is 355 g/mol. The van der Waals surface area contributed by atoms with Crippen LogP contribution in [-0.2, 0) is 4.79 Å². The molecule has 6 nitrogen and oxygen atoms in total. The van der Waals surface area contributed by atoms with Crippen molar-refractivity contribution in [1.29, 1.82) is 0 Å². The highest BCUT2D eigenvalue weighted by molar-refractivity contribution is 7.15. The van der Waals surface area contributed by atoms with E-state index in [1.165, 1.54) is 17.4 Å². The van der Waals surface area contributed by atoms with E-state index >= 15 is 0 Å². The average Bonchev–Trinajstić information content (AvgIpc) is 3.14. The zero-order valence-electron chi connectivity index (χ0n) is 13.9. The van der Waals surface area contributed by atoms with Crippen molar-refractivity contribution in [2.45, 2.75) is 25.3 Å². The second-order valence-corrected chi connectivity index (χ2v) is 7.03. The Bertz CT molecular complexity index is 981. The number of aromatic nitrogens is 2. The van der Waals surface area contributed by atoms with Crippen LogP contribution in [0.25, 0.3) is 16.2 Å². The molecule has 3 heterocycles. The Morgan fingerprint density at radius 1 is 1.35 bits per heavy atom. The van der Waals surface area contributed by atoms with E-state index in [0.717, 1.165) is 12.8 Å². The average molecular weight is 372 g/mol. The predicted molar refractivity (Wildman–Crippen MR) is 96.6 cm³/mol. The Morgan fingerprint density at radius 2 is 2.19 bits per heavy atom. The first-order chi connectivity index (χ1) is 12.6. The van der Waals surface area contributed by atoms with Gasteiger partial charge in [0, 0.05) is 23.7 Å². The summed E-state index contributed by atoms with van der Waals surface area (Å²) < 4.78 is 15.6. The Morgan fingerprint density at radius 3 is 3.04 bits per heavy atom. The van der Waals surface area contributed by atoms with Gasteiger partial charge in [-0.15, -0.1) is 11.3 Å². The van der Waals surface area contributed by atoms with Crippen molar-refractivity contribution in [3.8, 4) is 11.3 Å². The number of fused-ring (bicyclic) bond motifs is 1. The summed E-state index contributed by atoms with van der Waals surface area (Å²) in [4.78, 5) is 29.7. The van der Waals surface area contributed by atoms with Gasteiger partial charge in [-0.05, 0) is 31.4 Å². The molecule has 2 N–H and O–H groups in total. The molecule has 1 fully saturated rings. The zero-order valence-corrected chi connectivity index (χ0v) is 14.7. The highest BCUT2D eigenvalue weighted by Crippen LogP contribution is 2.25. The maximum atomic E-state index is 14.0. The van der Waals surface area contributed by atoms with Crippen molar-refractivity contribution < 1.29 is 14.0 Å². The van der Waals surface area contributed by atoms with Gasteiger partial charge in [0.2, 0.25) is 5.91 Å². The van der Waals surface area contributed by atoms with Gasteiger partial charge in [0.15, 0.2) is 4.96 Å². The standard InChI is InChI=1S/C18H17FN4O2S/c19-12-6-2-1-5-11(12)14-9-23-15(10-26-18(23)22-14)17(25)21-13-7-3-4-8-20-16(13)24/h1-2,5-6,9-10,13H,3-4,7-8H2,(H,20,24)(H,21,25)/t13-/m0/s1. The summed E-state index contributed by atoms with van der Waals surface area (Å²) in [5, 5.41) is 7.29. The number of rotatable bonds is 3. The van der Waals surface area contributed by atoms with Crippen molar-refractivity contribution in [3.63, 3.8) is 0 Å². The predicted octanol–water partition coefficient (Wildman–Crippen LogP) is 2.60. The molecule has 0 unspecified atom stereocenters. The van der Waals surface area contributed by atoms with Gasteiger partial charge in [-0.1, -0.05) is 12.1 Å². The summed E-state index contributed by atoms with van der Waals surface area (Å²) in [7, 11) is 0. The fourth-order valence-corrected chi connectivity index (χ4v) is 3.91. The van der Waals surface area contributed by atoms with E-state index in [2.05, 4.69) is 15.6 Å². The Kier molecular flexibility index (Phi) is 4.42. The van der Waals surface area contributed by atoms with Crippen LogP contribution in [-0.4, -0.2) is 33.8 Å². The minimum Gasteiger partial charge on any atom is -0.354 e. The molecule has 1 saturated heterocycles. The van der Waals surface area contributed by atoms with E-state index in [1.807, 2.05) is 0 Å². The van der Waals surface area contributed by atoms with Crippen molar-refractivity contribution in [2.75, 3.05) is 6.54 Å². The smallest absolute Gasteiger partial charge is 0.269 e. The lowest BCUT2D eigenvalue weighted by Crippen LogP contribution is -2.45. The monoisotopic (exact) mass is 372 g/mol. The molecule has 1 aliphatic rings. The number of nitrogens with one attached hydrogen (secondary N) is 2. The molecule has 0 spiro atoms. The molecule has 0 radical (unpaired) electrons. The Balaban J connectivity index is 1.61. The highest BCUT2D eigenvalue weighted by atomic mass is 32.1. The maximum absolute atomic E-state index is 14.0. The molecule has 26 heavy (non-hydrogen) atoms. The van der Waals surface area contributed by atoms with E-state index in [9.17, 15) is 14.0 Å². The number of carbonyl (C=O) groups is 2. The number of thiazole rings is 1. The third-order valence-electron chi connectivity index (χ3n) is 4.43. The van der Waals surface area contributed by atoms with Crippen molar-refractivity contribution >= 4 is 28.1 Å². The number of nitrogens with zero attached hydrogens (tertiary/aromatic N) is 2. The molecule has 0 aliphatic carbocycles. The molecule has 8 heteroatoms. The molecule has 1 aromatic carbocycles. The number of hydrogen-bond acceptors (Lipinski definition) is 4. The minimum atomic E-state index is -0.533. The molecule has 2 amide bonds. The van der Waals surface area contributed by atoms with E-state index in [0.29, 0.717) is 34.9 Å². The summed E-state index contributed by atoms with van der Waals surface area (Å²) >= 11 is 1.30. The summed E-state index contributed by atoms with van der Waals surface area (Å²) in [6.07, 6.45) is 4.06. The third-order valence-corrected chi connectivity index (χ3v) is 5.27. The quantitative estimate of drug-likeness (QED) is 0.742. The molecule has 1 atom stereocenters. The minimum absolute atomic E-state index is 0.153. The number of benzene rings is 1. The molecule has 0 bridgehead atoms. The number of carbonyl (C=O) groups excluding carboxylic acids is 2. The van der Waals surface area contributed by atoms with Crippen molar-refractivity contribution in [2.24, 2.45) is 0 Å². The van der Waals surface area contributed by atoms with Crippen molar-refractivity contribution in [1.82, 2.24) is 20.0 Å². The van der Waals surface area contributed by atoms with Crippen LogP contribution in [0.15, 0.2) is 35.8 Å². The topological polar surface area (TPSA) is 75.5 Å². The number of amides is 2. The zero-order chi connectivity index (χ0) is 18.1. The van der Waals surface area contributed by atoms with Crippen LogP contribution in [0, 0.1) is 5.82 Å². The number of halogens is 1. The lowest BCUT2D eigenvalue weighted by molar-refractivity contribution is -0.122. The summed E-state index contributed by atoms with van der Waals surface area (Å²) in [6.45, 7) is 0.640. The summed E-state index contributed by atoms with van der Waals surface area (Å²) in [6, 6.07) is 5.85. The van der Waals surface area contributed by atoms with Gasteiger partial charge in [0.05, 0.1) is 5.69 Å². The molecule has 2 aromatic heterocycles. The van der Waals surface area contributed by atoms with Crippen LogP contribution in [0.2, 0.25) is 0 Å². The second-order valence-electron chi connectivity index (χ2n) is 6.19. The van der Waals surface area contributed by atoms with Crippen LogP contribution in [0.5, 0.6) is 0 Å². The maximum Gasteiger partial charge on any atom is 0.269 e. The van der Waals surface area contributed by atoms with Crippen LogP contribution in [0.4, 0.5) is 4.39 Å². The van der Waals surface area contributed by atoms with Crippen LogP contribution < -0.4 is 10.6 Å². The van der Waals surface area contributed by atoms with Gasteiger partial charge < -0.3 is 10.6 Å². The molecule has 1 aliphatic heterocycles. The van der Waals surface area contributed by atoms with E-state index in [-0.39, 0.29) is 17.6 Å². The van der Waals surface area contributed by atoms with Gasteiger partial charge in [0.25, 0.3) is 5.91 Å². The van der Waals surface area contributed by atoms with Gasteiger partial charge in [-0.25, -0.2) is 9.37 Å². The van der Waals surface area contributed by atoms with Gasteiger partial charge >= 0.3 is 0 Å². The SMILES string of the molecule is O=C(N[C@H]1CCCCNC1=O)c1csc2nc(-c3ccccc3F)cn12. The molecule has 0 saturated carbocycles. The highest BCUT2D eigenvalue weighted by Gasteiger charge is 2.24. The first-order valence-electron chi connectivity index (χ1n) is 8.43.